The van der Waals surface area contributed by atoms with Gasteiger partial charge in [-0.05, 0) is 42.7 Å². The first-order valence-corrected chi connectivity index (χ1v) is 9.79. The molecule has 1 aromatic rings. The summed E-state index contributed by atoms with van der Waals surface area (Å²) >= 11 is 0. The van der Waals surface area contributed by atoms with Gasteiger partial charge in [-0.2, -0.15) is 0 Å². The highest BCUT2D eigenvalue weighted by atomic mass is 31.2. The minimum Gasteiger partial charge on any atom is -0.322 e. The third-order valence-electron chi connectivity index (χ3n) is 4.52. The molecule has 0 unspecified atom stereocenters. The molecule has 0 aliphatic heterocycles. The maximum absolute atomic E-state index is 12.9. The molecule has 0 spiro atoms. The number of rotatable bonds is 4. The van der Waals surface area contributed by atoms with E-state index in [9.17, 15) is 4.57 Å². The van der Waals surface area contributed by atoms with Gasteiger partial charge in [0.1, 0.15) is 0 Å². The molecule has 4 atom stereocenters. The molecule has 3 heteroatoms. The molecule has 2 nitrogen and oxygen atoms in total. The van der Waals surface area contributed by atoms with E-state index in [1.165, 1.54) is 12.8 Å². The Morgan fingerprint density at radius 3 is 2.45 bits per heavy atom. The van der Waals surface area contributed by atoms with Gasteiger partial charge in [-0.3, -0.25) is 4.57 Å². The van der Waals surface area contributed by atoms with Crippen LogP contribution >= 0.6 is 7.37 Å². The van der Waals surface area contributed by atoms with Crippen molar-refractivity contribution in [2.75, 3.05) is 6.66 Å². The normalized spacial score (nSPS) is 30.1. The van der Waals surface area contributed by atoms with Crippen molar-refractivity contribution in [1.82, 2.24) is 0 Å². The van der Waals surface area contributed by atoms with E-state index < -0.39 is 7.37 Å². The van der Waals surface area contributed by atoms with Crippen LogP contribution in [0.2, 0.25) is 0 Å². The number of benzene rings is 1. The van der Waals surface area contributed by atoms with Gasteiger partial charge in [0.25, 0.3) is 0 Å². The third kappa shape index (κ3) is 3.74. The topological polar surface area (TPSA) is 26.3 Å². The van der Waals surface area contributed by atoms with Crippen molar-refractivity contribution in [2.45, 2.75) is 46.1 Å². The van der Waals surface area contributed by atoms with E-state index in [1.807, 2.05) is 30.3 Å². The molecule has 0 amide bonds. The SMILES string of the molecule is CC(C)[C@@H]1CC[C@H](C)C[C@H]1O[P@](C)(=O)c1ccccc1. The van der Waals surface area contributed by atoms with Gasteiger partial charge in [-0.15, -0.1) is 0 Å². The Balaban J connectivity index is 2.15. The Bertz CT molecular complexity index is 469. The minimum atomic E-state index is -2.72. The highest BCUT2D eigenvalue weighted by Crippen LogP contribution is 2.48. The zero-order valence-electron chi connectivity index (χ0n) is 13.1. The van der Waals surface area contributed by atoms with Crippen molar-refractivity contribution in [3.05, 3.63) is 30.3 Å². The molecule has 0 N–H and O–H groups in total. The van der Waals surface area contributed by atoms with E-state index in [-0.39, 0.29) is 6.10 Å². The van der Waals surface area contributed by atoms with Crippen LogP contribution in [0.1, 0.15) is 40.0 Å². The zero-order valence-corrected chi connectivity index (χ0v) is 14.0. The summed E-state index contributed by atoms with van der Waals surface area (Å²) in [6.45, 7) is 8.54. The van der Waals surface area contributed by atoms with Gasteiger partial charge in [0.15, 0.2) is 0 Å². The van der Waals surface area contributed by atoms with E-state index in [2.05, 4.69) is 20.8 Å². The number of hydrogen-bond donors (Lipinski definition) is 0. The Morgan fingerprint density at radius 1 is 1.20 bits per heavy atom. The molecule has 1 aliphatic rings. The van der Waals surface area contributed by atoms with E-state index >= 15 is 0 Å². The van der Waals surface area contributed by atoms with Crippen molar-refractivity contribution in [2.24, 2.45) is 17.8 Å². The maximum atomic E-state index is 12.9. The second-order valence-electron chi connectivity index (χ2n) is 6.65. The first-order valence-electron chi connectivity index (χ1n) is 7.71. The summed E-state index contributed by atoms with van der Waals surface area (Å²) in [7, 11) is -2.72. The van der Waals surface area contributed by atoms with Crippen LogP contribution in [0.3, 0.4) is 0 Å². The van der Waals surface area contributed by atoms with Crippen molar-refractivity contribution < 1.29 is 9.09 Å². The van der Waals surface area contributed by atoms with E-state index in [0.29, 0.717) is 17.8 Å². The van der Waals surface area contributed by atoms with E-state index in [1.54, 1.807) is 6.66 Å². The summed E-state index contributed by atoms with van der Waals surface area (Å²) in [6.07, 6.45) is 3.63. The van der Waals surface area contributed by atoms with Crippen molar-refractivity contribution in [3.8, 4) is 0 Å². The molecule has 1 fully saturated rings. The Morgan fingerprint density at radius 2 is 1.85 bits per heavy atom. The van der Waals surface area contributed by atoms with E-state index in [0.717, 1.165) is 11.7 Å². The standard InChI is InChI=1S/C17H27O2P/c1-13(2)16-11-10-14(3)12-17(16)19-20(4,18)15-8-6-5-7-9-15/h5-9,13-14,16-17H,10-12H2,1-4H3/t14-,16-,17+,20-/m0/s1. The predicted molar refractivity (Wildman–Crippen MR) is 85.8 cm³/mol. The second-order valence-corrected chi connectivity index (χ2v) is 9.07. The Hall–Kier alpha value is -0.590. The molecule has 2 rings (SSSR count). The molecule has 1 aliphatic carbocycles. The van der Waals surface area contributed by atoms with Gasteiger partial charge in [0.05, 0.1) is 6.10 Å². The summed E-state index contributed by atoms with van der Waals surface area (Å²) in [5, 5.41) is 0.834. The lowest BCUT2D eigenvalue weighted by Gasteiger charge is -2.38. The smallest absolute Gasteiger partial charge is 0.229 e. The van der Waals surface area contributed by atoms with Crippen molar-refractivity contribution in [1.29, 1.82) is 0 Å². The molecular formula is C17H27O2P. The molecular weight excluding hydrogens is 267 g/mol. The molecule has 1 aromatic carbocycles. The van der Waals surface area contributed by atoms with Gasteiger partial charge in [0.2, 0.25) is 7.37 Å². The van der Waals surface area contributed by atoms with Gasteiger partial charge in [-0.25, -0.2) is 0 Å². The molecule has 20 heavy (non-hydrogen) atoms. The lowest BCUT2D eigenvalue weighted by molar-refractivity contribution is 0.0506. The summed E-state index contributed by atoms with van der Waals surface area (Å²) < 4.78 is 19.1. The first-order chi connectivity index (χ1) is 9.40. The fourth-order valence-electron chi connectivity index (χ4n) is 3.25. The van der Waals surface area contributed by atoms with Gasteiger partial charge in [0, 0.05) is 12.0 Å². The fraction of sp³-hybridized carbons (Fsp3) is 0.647. The molecule has 0 bridgehead atoms. The summed E-state index contributed by atoms with van der Waals surface area (Å²) in [5.74, 6) is 1.79. The van der Waals surface area contributed by atoms with Crippen LogP contribution in [-0.2, 0) is 9.09 Å². The van der Waals surface area contributed by atoms with Crippen LogP contribution in [0.4, 0.5) is 0 Å². The minimum absolute atomic E-state index is 0.134. The predicted octanol–water partition coefficient (Wildman–Crippen LogP) is 4.70. The van der Waals surface area contributed by atoms with Gasteiger partial charge in [-0.1, -0.05) is 45.4 Å². The fourth-order valence-corrected chi connectivity index (χ4v) is 4.85. The molecule has 1 saturated carbocycles. The molecule has 0 saturated heterocycles. The Kier molecular flexibility index (Phi) is 5.09. The summed E-state index contributed by atoms with van der Waals surface area (Å²) in [5.41, 5.74) is 0. The lowest BCUT2D eigenvalue weighted by Crippen LogP contribution is -2.34. The third-order valence-corrected chi connectivity index (χ3v) is 6.43. The quantitative estimate of drug-likeness (QED) is 0.753. The first kappa shape index (κ1) is 15.8. The largest absolute Gasteiger partial charge is 0.322 e. The van der Waals surface area contributed by atoms with Crippen LogP contribution in [0.15, 0.2) is 30.3 Å². The molecule has 112 valence electrons. The summed E-state index contributed by atoms with van der Waals surface area (Å²) in [6, 6.07) is 9.63. The molecule has 0 radical (unpaired) electrons. The van der Waals surface area contributed by atoms with E-state index in [4.69, 9.17) is 4.52 Å². The highest BCUT2D eigenvalue weighted by molar-refractivity contribution is 7.66. The zero-order chi connectivity index (χ0) is 14.8. The van der Waals surface area contributed by atoms with Crippen LogP contribution in [0, 0.1) is 17.8 Å². The second kappa shape index (κ2) is 6.45. The Labute approximate surface area is 123 Å². The van der Waals surface area contributed by atoms with Crippen LogP contribution in [0.5, 0.6) is 0 Å². The monoisotopic (exact) mass is 294 g/mol. The van der Waals surface area contributed by atoms with Crippen molar-refractivity contribution in [3.63, 3.8) is 0 Å². The summed E-state index contributed by atoms with van der Waals surface area (Å²) in [4.78, 5) is 0. The van der Waals surface area contributed by atoms with Crippen LogP contribution in [-0.4, -0.2) is 12.8 Å². The number of hydrogen-bond acceptors (Lipinski definition) is 2. The van der Waals surface area contributed by atoms with Gasteiger partial charge >= 0.3 is 0 Å². The average Bonchev–Trinajstić information content (AvgIpc) is 2.39. The van der Waals surface area contributed by atoms with Crippen LogP contribution < -0.4 is 5.30 Å². The molecule has 0 heterocycles. The molecule has 0 aromatic heterocycles. The van der Waals surface area contributed by atoms with Crippen molar-refractivity contribution >= 4 is 12.7 Å². The van der Waals surface area contributed by atoms with Gasteiger partial charge < -0.3 is 4.52 Å². The maximum Gasteiger partial charge on any atom is 0.229 e. The van der Waals surface area contributed by atoms with Crippen LogP contribution in [0.25, 0.3) is 0 Å². The highest BCUT2D eigenvalue weighted by Gasteiger charge is 2.35. The average molecular weight is 294 g/mol. The lowest BCUT2D eigenvalue weighted by atomic mass is 9.75.